The van der Waals surface area contributed by atoms with Gasteiger partial charge in [0.25, 0.3) is 10.0 Å². The number of fused-ring (bicyclic) bond motifs is 3. The zero-order chi connectivity index (χ0) is 16.7. The number of nitrogens with one attached hydrogen (secondary N) is 1. The minimum absolute atomic E-state index is 0.0665. The van der Waals surface area contributed by atoms with Crippen LogP contribution in [0.3, 0.4) is 0 Å². The van der Waals surface area contributed by atoms with E-state index in [0.717, 1.165) is 23.1 Å². The van der Waals surface area contributed by atoms with E-state index in [-0.39, 0.29) is 4.90 Å². The van der Waals surface area contributed by atoms with Gasteiger partial charge in [-0.05, 0) is 40.3 Å². The zero-order valence-electron chi connectivity index (χ0n) is 12.7. The van der Waals surface area contributed by atoms with Gasteiger partial charge in [-0.1, -0.05) is 65.5 Å². The number of benzene rings is 3. The van der Waals surface area contributed by atoms with Crippen LogP contribution in [-0.2, 0) is 16.4 Å². The van der Waals surface area contributed by atoms with Crippen LogP contribution in [0.2, 0.25) is 0 Å². The van der Waals surface area contributed by atoms with Gasteiger partial charge < -0.3 is 5.21 Å². The molecule has 0 aliphatic heterocycles. The summed E-state index contributed by atoms with van der Waals surface area (Å²) in [6, 6.07) is 20.8. The van der Waals surface area contributed by atoms with Crippen LogP contribution < -0.4 is 4.89 Å². The van der Waals surface area contributed by atoms with Crippen molar-refractivity contribution < 1.29 is 13.6 Å². The summed E-state index contributed by atoms with van der Waals surface area (Å²) < 4.78 is 24.3. The molecule has 0 radical (unpaired) electrons. The van der Waals surface area contributed by atoms with Gasteiger partial charge in [-0.15, -0.1) is 0 Å². The SMILES string of the molecule is O=S(=O)(NO)c1ccccc1-c1cccc2c1Cc1ccccc1-2. The van der Waals surface area contributed by atoms with Crippen molar-refractivity contribution in [1.82, 2.24) is 4.89 Å². The molecule has 0 spiro atoms. The van der Waals surface area contributed by atoms with Crippen LogP contribution in [-0.4, -0.2) is 13.6 Å². The first-order chi connectivity index (χ1) is 11.6. The highest BCUT2D eigenvalue weighted by Gasteiger charge is 2.24. The van der Waals surface area contributed by atoms with Crippen LogP contribution in [0.25, 0.3) is 22.3 Å². The van der Waals surface area contributed by atoms with E-state index in [1.165, 1.54) is 22.1 Å². The lowest BCUT2D eigenvalue weighted by atomic mass is 9.96. The third kappa shape index (κ3) is 2.26. The molecule has 4 rings (SSSR count). The highest BCUT2D eigenvalue weighted by atomic mass is 32.2. The van der Waals surface area contributed by atoms with Crippen LogP contribution >= 0.6 is 0 Å². The predicted molar refractivity (Wildman–Crippen MR) is 92.2 cm³/mol. The van der Waals surface area contributed by atoms with Gasteiger partial charge in [0.15, 0.2) is 0 Å². The van der Waals surface area contributed by atoms with E-state index in [4.69, 9.17) is 5.21 Å². The van der Waals surface area contributed by atoms with Gasteiger partial charge in [0.2, 0.25) is 0 Å². The summed E-state index contributed by atoms with van der Waals surface area (Å²) >= 11 is 0. The second-order valence-electron chi connectivity index (χ2n) is 5.76. The molecule has 4 nitrogen and oxygen atoms in total. The predicted octanol–water partition coefficient (Wildman–Crippen LogP) is 3.59. The fourth-order valence-electron chi connectivity index (χ4n) is 3.38. The smallest absolute Gasteiger partial charge is 0.262 e. The summed E-state index contributed by atoms with van der Waals surface area (Å²) in [4.78, 5) is 1.49. The van der Waals surface area contributed by atoms with E-state index < -0.39 is 10.0 Å². The van der Waals surface area contributed by atoms with E-state index in [9.17, 15) is 8.42 Å². The highest BCUT2D eigenvalue weighted by molar-refractivity contribution is 7.89. The van der Waals surface area contributed by atoms with E-state index in [0.29, 0.717) is 5.56 Å². The highest BCUT2D eigenvalue weighted by Crippen LogP contribution is 2.42. The summed E-state index contributed by atoms with van der Waals surface area (Å²) in [5.41, 5.74) is 6.13. The second kappa shape index (κ2) is 5.56. The molecule has 24 heavy (non-hydrogen) atoms. The van der Waals surface area contributed by atoms with Crippen molar-refractivity contribution in [3.63, 3.8) is 0 Å². The molecule has 0 aromatic heterocycles. The summed E-state index contributed by atoms with van der Waals surface area (Å²) in [7, 11) is -3.96. The van der Waals surface area contributed by atoms with Crippen molar-refractivity contribution >= 4 is 10.0 Å². The fraction of sp³-hybridized carbons (Fsp3) is 0.0526. The van der Waals surface area contributed by atoms with Gasteiger partial charge in [0, 0.05) is 5.56 Å². The first-order valence-electron chi connectivity index (χ1n) is 7.57. The van der Waals surface area contributed by atoms with Crippen molar-refractivity contribution in [3.05, 3.63) is 77.9 Å². The molecule has 3 aromatic rings. The summed E-state index contributed by atoms with van der Waals surface area (Å²) in [5.74, 6) is 0. The summed E-state index contributed by atoms with van der Waals surface area (Å²) in [5, 5.41) is 9.02. The topological polar surface area (TPSA) is 66.4 Å². The zero-order valence-corrected chi connectivity index (χ0v) is 13.5. The van der Waals surface area contributed by atoms with Crippen molar-refractivity contribution in [3.8, 4) is 22.3 Å². The molecule has 120 valence electrons. The van der Waals surface area contributed by atoms with Crippen LogP contribution in [0.5, 0.6) is 0 Å². The third-order valence-corrected chi connectivity index (χ3v) is 5.61. The Hall–Kier alpha value is -2.47. The summed E-state index contributed by atoms with van der Waals surface area (Å²) in [6.07, 6.45) is 0.766. The van der Waals surface area contributed by atoms with E-state index in [1.807, 2.05) is 24.3 Å². The second-order valence-corrected chi connectivity index (χ2v) is 7.39. The van der Waals surface area contributed by atoms with Gasteiger partial charge in [-0.2, -0.15) is 0 Å². The summed E-state index contributed by atoms with van der Waals surface area (Å²) in [6.45, 7) is 0. The molecular formula is C19H15NO3S. The van der Waals surface area contributed by atoms with Gasteiger partial charge >= 0.3 is 0 Å². The Labute approximate surface area is 140 Å². The van der Waals surface area contributed by atoms with Crippen molar-refractivity contribution in [2.75, 3.05) is 0 Å². The standard InChI is InChI=1S/C19H15NO3S/c21-20-24(22,23)19-11-4-3-8-17(19)16-10-5-9-15-14-7-2-1-6-13(14)12-18(15)16/h1-11,20-21H,12H2. The van der Waals surface area contributed by atoms with Gasteiger partial charge in [0.1, 0.15) is 0 Å². The molecule has 0 saturated carbocycles. The largest absolute Gasteiger partial charge is 0.302 e. The van der Waals surface area contributed by atoms with Gasteiger partial charge in [-0.25, -0.2) is 8.42 Å². The van der Waals surface area contributed by atoms with Crippen LogP contribution in [0.1, 0.15) is 11.1 Å². The Balaban J connectivity index is 1.96. The Bertz CT molecular complexity index is 1040. The number of hydrogen-bond acceptors (Lipinski definition) is 3. The quantitative estimate of drug-likeness (QED) is 0.561. The molecule has 5 heteroatoms. The van der Waals surface area contributed by atoms with Gasteiger partial charge in [0.05, 0.1) is 4.90 Å². The first-order valence-corrected chi connectivity index (χ1v) is 9.05. The Kier molecular flexibility index (Phi) is 3.49. The maximum absolute atomic E-state index is 12.2. The average molecular weight is 337 g/mol. The van der Waals surface area contributed by atoms with Crippen molar-refractivity contribution in [2.45, 2.75) is 11.3 Å². The number of hydrogen-bond donors (Lipinski definition) is 2. The van der Waals surface area contributed by atoms with Crippen LogP contribution in [0, 0.1) is 0 Å². The van der Waals surface area contributed by atoms with Crippen molar-refractivity contribution in [2.24, 2.45) is 0 Å². The van der Waals surface area contributed by atoms with E-state index in [1.54, 1.807) is 18.2 Å². The molecule has 0 atom stereocenters. The molecule has 3 aromatic carbocycles. The van der Waals surface area contributed by atoms with Crippen LogP contribution in [0.15, 0.2) is 71.6 Å². The normalized spacial score (nSPS) is 12.7. The van der Waals surface area contributed by atoms with Crippen molar-refractivity contribution in [1.29, 1.82) is 0 Å². The Morgan fingerprint density at radius 2 is 1.33 bits per heavy atom. The lowest BCUT2D eigenvalue weighted by Gasteiger charge is -2.13. The Morgan fingerprint density at radius 3 is 2.08 bits per heavy atom. The Morgan fingerprint density at radius 1 is 0.750 bits per heavy atom. The molecule has 2 N–H and O–H groups in total. The maximum atomic E-state index is 12.2. The molecule has 0 amide bonds. The minimum atomic E-state index is -3.96. The average Bonchev–Trinajstić information content (AvgIpc) is 3.00. The third-order valence-electron chi connectivity index (χ3n) is 4.44. The van der Waals surface area contributed by atoms with E-state index >= 15 is 0 Å². The molecule has 0 heterocycles. The lowest BCUT2D eigenvalue weighted by molar-refractivity contribution is 0.242. The van der Waals surface area contributed by atoms with Crippen LogP contribution in [0.4, 0.5) is 0 Å². The molecule has 0 bridgehead atoms. The maximum Gasteiger partial charge on any atom is 0.262 e. The lowest BCUT2D eigenvalue weighted by Crippen LogP contribution is -2.20. The fourth-order valence-corrected chi connectivity index (χ4v) is 4.21. The van der Waals surface area contributed by atoms with Gasteiger partial charge in [-0.3, -0.25) is 0 Å². The number of sulfonamides is 1. The minimum Gasteiger partial charge on any atom is -0.302 e. The van der Waals surface area contributed by atoms with E-state index in [2.05, 4.69) is 18.2 Å². The molecule has 0 unspecified atom stereocenters. The molecule has 0 fully saturated rings. The molecule has 1 aliphatic rings. The monoisotopic (exact) mass is 337 g/mol. The molecule has 1 aliphatic carbocycles. The number of rotatable bonds is 3. The first kappa shape index (κ1) is 15.1. The molecule has 0 saturated heterocycles. The molecular weight excluding hydrogens is 322 g/mol.